The van der Waals surface area contributed by atoms with Crippen LogP contribution in [0.2, 0.25) is 0 Å². The zero-order valence-corrected chi connectivity index (χ0v) is 24.2. The molecular weight excluding hydrogens is 528 g/mol. The van der Waals surface area contributed by atoms with Crippen molar-refractivity contribution in [3.05, 3.63) is 114 Å². The Morgan fingerprint density at radius 2 is 1.60 bits per heavy atom. The summed E-state index contributed by atoms with van der Waals surface area (Å²) in [6.45, 7) is 2.14. The highest BCUT2D eigenvalue weighted by Gasteiger charge is 2.32. The first kappa shape index (κ1) is 28.4. The Labute approximate surface area is 245 Å². The molecule has 214 valence electrons. The first-order valence-electron chi connectivity index (χ1n) is 13.7. The van der Waals surface area contributed by atoms with Gasteiger partial charge in [0.1, 0.15) is 23.9 Å². The van der Waals surface area contributed by atoms with Crippen LogP contribution in [0.4, 0.5) is 11.4 Å². The van der Waals surface area contributed by atoms with Gasteiger partial charge >= 0.3 is 0 Å². The molecule has 0 saturated heterocycles. The van der Waals surface area contributed by atoms with Crippen LogP contribution >= 0.6 is 0 Å². The van der Waals surface area contributed by atoms with Gasteiger partial charge in [0.05, 0.1) is 12.6 Å². The van der Waals surface area contributed by atoms with Gasteiger partial charge in [-0.2, -0.15) is 0 Å². The quantitative estimate of drug-likeness (QED) is 0.251. The molecule has 0 spiro atoms. The van der Waals surface area contributed by atoms with Crippen molar-refractivity contribution in [1.82, 2.24) is 19.9 Å². The zero-order chi connectivity index (χ0) is 29.6. The fourth-order valence-electron chi connectivity index (χ4n) is 4.86. The summed E-state index contributed by atoms with van der Waals surface area (Å²) in [6.07, 6.45) is 0. The van der Waals surface area contributed by atoms with E-state index in [9.17, 15) is 9.59 Å². The van der Waals surface area contributed by atoms with Crippen LogP contribution in [0.5, 0.6) is 5.75 Å². The van der Waals surface area contributed by atoms with E-state index in [1.165, 1.54) is 0 Å². The Kier molecular flexibility index (Phi) is 8.47. The lowest BCUT2D eigenvalue weighted by Gasteiger charge is -2.32. The van der Waals surface area contributed by atoms with E-state index in [0.29, 0.717) is 22.5 Å². The maximum absolute atomic E-state index is 14.2. The predicted octanol–water partition coefficient (Wildman–Crippen LogP) is 5.22. The molecule has 0 saturated carbocycles. The minimum atomic E-state index is -0.939. The Bertz CT molecular complexity index is 1680. The number of amides is 2. The molecule has 2 amide bonds. The first-order valence-corrected chi connectivity index (χ1v) is 13.7. The molecule has 9 nitrogen and oxygen atoms in total. The summed E-state index contributed by atoms with van der Waals surface area (Å²) in [4.78, 5) is 32.0. The Balaban J connectivity index is 1.55. The van der Waals surface area contributed by atoms with E-state index in [0.717, 1.165) is 22.3 Å². The molecule has 0 unspecified atom stereocenters. The number of rotatable bonds is 10. The van der Waals surface area contributed by atoms with Crippen LogP contribution in [0.3, 0.4) is 0 Å². The van der Waals surface area contributed by atoms with E-state index < -0.39 is 6.04 Å². The SMILES string of the molecule is COc1ccc([C@H](C(=O)Nc2ccc(N(C)C)cc2)N(Cc2ccccc2C)C(=O)Cn2nnc3ccccc32)cc1. The number of hydrogen-bond acceptors (Lipinski definition) is 6. The molecule has 4 aromatic carbocycles. The van der Waals surface area contributed by atoms with Gasteiger partial charge in [-0.05, 0) is 72.1 Å². The van der Waals surface area contributed by atoms with Crippen LogP contribution in [-0.2, 0) is 22.7 Å². The normalized spacial score (nSPS) is 11.6. The average Bonchev–Trinajstić information content (AvgIpc) is 3.41. The van der Waals surface area contributed by atoms with Gasteiger partial charge in [0, 0.05) is 32.0 Å². The van der Waals surface area contributed by atoms with Crippen molar-refractivity contribution >= 4 is 34.2 Å². The molecule has 1 aromatic heterocycles. The molecule has 5 rings (SSSR count). The molecule has 0 aliphatic heterocycles. The third-order valence-electron chi connectivity index (χ3n) is 7.27. The smallest absolute Gasteiger partial charge is 0.251 e. The van der Waals surface area contributed by atoms with E-state index in [-0.39, 0.29) is 24.9 Å². The lowest BCUT2D eigenvalue weighted by atomic mass is 10.0. The van der Waals surface area contributed by atoms with Crippen LogP contribution in [0.1, 0.15) is 22.7 Å². The summed E-state index contributed by atoms with van der Waals surface area (Å²) in [6, 6.07) is 29.2. The van der Waals surface area contributed by atoms with Crippen LogP contribution in [0, 0.1) is 6.92 Å². The third kappa shape index (κ3) is 6.25. The lowest BCUT2D eigenvalue weighted by molar-refractivity contribution is -0.140. The molecule has 5 aromatic rings. The number of carbonyl (C=O) groups excluding carboxylic acids is 2. The Morgan fingerprint density at radius 3 is 2.29 bits per heavy atom. The first-order chi connectivity index (χ1) is 20.3. The standard InChI is InChI=1S/C33H34N6O3/c1-23-9-5-6-10-25(23)21-38(31(40)22-39-30-12-8-7-11-29(30)35-36-39)32(24-13-19-28(42-4)20-14-24)33(41)34-26-15-17-27(18-16-26)37(2)3/h5-20,32H,21-22H2,1-4H3,(H,34,41)/t32-/m1/s1. The lowest BCUT2D eigenvalue weighted by Crippen LogP contribution is -2.42. The minimum Gasteiger partial charge on any atom is -0.497 e. The number of anilines is 2. The van der Waals surface area contributed by atoms with E-state index in [4.69, 9.17) is 4.74 Å². The number of nitrogens with zero attached hydrogens (tertiary/aromatic N) is 5. The van der Waals surface area contributed by atoms with Crippen molar-refractivity contribution < 1.29 is 14.3 Å². The topological polar surface area (TPSA) is 92.6 Å². The minimum absolute atomic E-state index is 0.0795. The van der Waals surface area contributed by atoms with E-state index in [1.807, 2.05) is 111 Å². The van der Waals surface area contributed by atoms with Crippen molar-refractivity contribution in [1.29, 1.82) is 0 Å². The second kappa shape index (κ2) is 12.6. The van der Waals surface area contributed by atoms with Gasteiger partial charge in [0.25, 0.3) is 5.91 Å². The molecule has 1 N–H and O–H groups in total. The molecule has 1 atom stereocenters. The second-order valence-electron chi connectivity index (χ2n) is 10.3. The fourth-order valence-corrected chi connectivity index (χ4v) is 4.86. The third-order valence-corrected chi connectivity index (χ3v) is 7.27. The number of para-hydroxylation sites is 1. The second-order valence-corrected chi connectivity index (χ2v) is 10.3. The van der Waals surface area contributed by atoms with Gasteiger partial charge in [-0.3, -0.25) is 9.59 Å². The van der Waals surface area contributed by atoms with Crippen molar-refractivity contribution in [3.63, 3.8) is 0 Å². The maximum atomic E-state index is 14.2. The molecule has 9 heteroatoms. The average molecular weight is 563 g/mol. The number of benzene rings is 4. The highest BCUT2D eigenvalue weighted by Crippen LogP contribution is 2.29. The van der Waals surface area contributed by atoms with Gasteiger partial charge in [-0.1, -0.05) is 53.7 Å². The van der Waals surface area contributed by atoms with E-state index in [1.54, 1.807) is 28.8 Å². The van der Waals surface area contributed by atoms with E-state index in [2.05, 4.69) is 15.6 Å². The van der Waals surface area contributed by atoms with Crippen molar-refractivity contribution in [3.8, 4) is 5.75 Å². The van der Waals surface area contributed by atoms with Crippen molar-refractivity contribution in [2.75, 3.05) is 31.4 Å². The monoisotopic (exact) mass is 562 g/mol. The summed E-state index contributed by atoms with van der Waals surface area (Å²) < 4.78 is 6.94. The summed E-state index contributed by atoms with van der Waals surface area (Å²) in [5.74, 6) is 0.0547. The summed E-state index contributed by atoms with van der Waals surface area (Å²) in [5, 5.41) is 11.5. The summed E-state index contributed by atoms with van der Waals surface area (Å²) >= 11 is 0. The molecule has 0 bridgehead atoms. The molecule has 1 heterocycles. The molecule has 0 aliphatic carbocycles. The highest BCUT2D eigenvalue weighted by atomic mass is 16.5. The van der Waals surface area contributed by atoms with Gasteiger partial charge in [0.15, 0.2) is 0 Å². The predicted molar refractivity (Wildman–Crippen MR) is 164 cm³/mol. The van der Waals surface area contributed by atoms with Crippen LogP contribution in [0.15, 0.2) is 97.1 Å². The number of nitrogens with one attached hydrogen (secondary N) is 1. The summed E-state index contributed by atoms with van der Waals surface area (Å²) in [5.41, 5.74) is 5.70. The Hall–Kier alpha value is -5.18. The van der Waals surface area contributed by atoms with Crippen molar-refractivity contribution in [2.24, 2.45) is 0 Å². The van der Waals surface area contributed by atoms with Crippen molar-refractivity contribution in [2.45, 2.75) is 26.1 Å². The number of hydrogen-bond donors (Lipinski definition) is 1. The number of aryl methyl sites for hydroxylation is 1. The molecular formula is C33H34N6O3. The van der Waals surface area contributed by atoms with Gasteiger partial charge in [-0.25, -0.2) is 4.68 Å². The van der Waals surface area contributed by atoms with Gasteiger partial charge in [0.2, 0.25) is 5.91 Å². The maximum Gasteiger partial charge on any atom is 0.251 e. The number of fused-ring (bicyclic) bond motifs is 1. The zero-order valence-electron chi connectivity index (χ0n) is 24.2. The van der Waals surface area contributed by atoms with Crippen LogP contribution in [-0.4, -0.2) is 52.9 Å². The number of methoxy groups -OCH3 is 1. The number of ether oxygens (including phenoxy) is 1. The number of aromatic nitrogens is 3. The van der Waals surface area contributed by atoms with E-state index >= 15 is 0 Å². The fraction of sp³-hybridized carbons (Fsp3) is 0.212. The number of carbonyl (C=O) groups is 2. The molecule has 0 radical (unpaired) electrons. The van der Waals surface area contributed by atoms with Gasteiger partial charge < -0.3 is 19.9 Å². The molecule has 0 aliphatic rings. The highest BCUT2D eigenvalue weighted by molar-refractivity contribution is 5.98. The van der Waals surface area contributed by atoms with Crippen LogP contribution in [0.25, 0.3) is 11.0 Å². The van der Waals surface area contributed by atoms with Crippen LogP contribution < -0.4 is 15.0 Å². The largest absolute Gasteiger partial charge is 0.497 e. The Morgan fingerprint density at radius 1 is 0.905 bits per heavy atom. The molecule has 0 fully saturated rings. The van der Waals surface area contributed by atoms with Gasteiger partial charge in [-0.15, -0.1) is 5.10 Å². The summed E-state index contributed by atoms with van der Waals surface area (Å²) in [7, 11) is 5.51. The molecule has 42 heavy (non-hydrogen) atoms.